The van der Waals surface area contributed by atoms with Gasteiger partial charge < -0.3 is 25.8 Å². The monoisotopic (exact) mass is 733 g/mol. The van der Waals surface area contributed by atoms with E-state index in [0.29, 0.717) is 6.04 Å². The van der Waals surface area contributed by atoms with Crippen molar-refractivity contribution in [3.8, 4) is 0 Å². The van der Waals surface area contributed by atoms with Crippen molar-refractivity contribution in [3.63, 3.8) is 0 Å². The van der Waals surface area contributed by atoms with Gasteiger partial charge in [0.1, 0.15) is 5.78 Å². The van der Waals surface area contributed by atoms with E-state index in [-0.39, 0.29) is 62.4 Å². The molecule has 1 aliphatic rings. The van der Waals surface area contributed by atoms with Crippen LogP contribution in [-0.4, -0.2) is 93.4 Å². The number of rotatable bonds is 1. The highest BCUT2D eigenvalue weighted by Gasteiger charge is 2.29. The Hall–Kier alpha value is -2.98. The summed E-state index contributed by atoms with van der Waals surface area (Å²) in [6, 6.07) is 0.492. The molecule has 304 valence electrons. The fraction of sp³-hybridized carbons (Fsp3) is 0.850. The lowest BCUT2D eigenvalue weighted by molar-refractivity contribution is -0.137. The van der Waals surface area contributed by atoms with Gasteiger partial charge in [-0.3, -0.25) is 28.8 Å². The number of amides is 5. The first-order valence-electron chi connectivity index (χ1n) is 19.1. The van der Waals surface area contributed by atoms with E-state index in [9.17, 15) is 28.8 Å². The maximum absolute atomic E-state index is 11.4. The highest BCUT2D eigenvalue weighted by Crippen LogP contribution is 2.22. The van der Waals surface area contributed by atoms with Gasteiger partial charge in [0.15, 0.2) is 0 Å². The van der Waals surface area contributed by atoms with Crippen LogP contribution in [0.2, 0.25) is 0 Å². The van der Waals surface area contributed by atoms with Crippen molar-refractivity contribution in [2.24, 2.45) is 32.5 Å². The minimum absolute atomic E-state index is 0.0810. The Labute approximate surface area is 318 Å². The van der Waals surface area contributed by atoms with Crippen molar-refractivity contribution in [1.29, 1.82) is 0 Å². The van der Waals surface area contributed by atoms with Crippen LogP contribution in [0.5, 0.6) is 0 Å². The van der Waals surface area contributed by atoms with Crippen LogP contribution >= 0.6 is 0 Å². The Bertz CT molecular complexity index is 1140. The van der Waals surface area contributed by atoms with Crippen molar-refractivity contribution in [2.75, 3.05) is 42.2 Å². The third kappa shape index (κ3) is 35.2. The Morgan fingerprint density at radius 1 is 0.490 bits per heavy atom. The summed E-state index contributed by atoms with van der Waals surface area (Å²) < 4.78 is 21.0. The third-order valence-corrected chi connectivity index (χ3v) is 6.46. The molecule has 11 heteroatoms. The van der Waals surface area contributed by atoms with Crippen LogP contribution in [0.1, 0.15) is 149 Å². The fourth-order valence-electron chi connectivity index (χ4n) is 2.55. The molecule has 0 aromatic rings. The highest BCUT2D eigenvalue weighted by atomic mass is 16.2. The number of ketones is 1. The average Bonchev–Trinajstić information content (AvgIpc) is 3.77. The second-order valence-electron chi connectivity index (χ2n) is 19.0. The van der Waals surface area contributed by atoms with Crippen LogP contribution in [0.4, 0.5) is 0 Å². The van der Waals surface area contributed by atoms with Gasteiger partial charge in [0.25, 0.3) is 0 Å². The number of carbonyl (C=O) groups is 6. The van der Waals surface area contributed by atoms with Crippen LogP contribution in [0.25, 0.3) is 0 Å². The summed E-state index contributed by atoms with van der Waals surface area (Å²) in [6.07, 6.45) is 2.34. The fourth-order valence-corrected chi connectivity index (χ4v) is 2.55. The summed E-state index contributed by atoms with van der Waals surface area (Å²) in [4.78, 5) is 68.0. The van der Waals surface area contributed by atoms with Gasteiger partial charge in [-0.1, -0.05) is 125 Å². The Kier molecular flexibility index (Phi) is 23.2. The summed E-state index contributed by atoms with van der Waals surface area (Å²) in [7, 11) is 8.13. The van der Waals surface area contributed by atoms with Gasteiger partial charge in [0.05, 0.1) is 0 Å². The zero-order chi connectivity index (χ0) is 45.2. The number of hydrogen-bond acceptors (Lipinski definition) is 6. The molecule has 0 saturated heterocycles. The van der Waals surface area contributed by atoms with E-state index in [1.54, 1.807) is 60.8 Å². The van der Waals surface area contributed by atoms with Crippen molar-refractivity contribution >= 4 is 35.3 Å². The molecule has 51 heavy (non-hydrogen) atoms. The summed E-state index contributed by atoms with van der Waals surface area (Å²) in [6.45, 7) is 32.9. The first-order valence-corrected chi connectivity index (χ1v) is 17.6. The molecule has 0 spiro atoms. The molecule has 0 aromatic carbocycles. The average molecular weight is 733 g/mol. The zero-order valence-corrected chi connectivity index (χ0v) is 37.3. The quantitative estimate of drug-likeness (QED) is 0.273. The molecule has 1 aliphatic carbocycles. The molecule has 3 N–H and O–H groups in total. The topological polar surface area (TPSA) is 145 Å². The lowest BCUT2D eigenvalue weighted by Crippen LogP contribution is -2.36. The summed E-state index contributed by atoms with van der Waals surface area (Å²) >= 11 is 0. The highest BCUT2D eigenvalue weighted by molar-refractivity contribution is 5.83. The largest absolute Gasteiger partial charge is 0.359 e. The molecular formula is C40H83N5O6. The number of Topliss-reactive ketones (excluding diaryl/α,β-unsaturated/α-hetero) is 1. The Balaban J connectivity index is -0.000000179. The third-order valence-electron chi connectivity index (χ3n) is 6.46. The van der Waals surface area contributed by atoms with E-state index in [1.165, 1.54) is 19.9 Å². The van der Waals surface area contributed by atoms with E-state index in [0.717, 1.165) is 4.90 Å². The van der Waals surface area contributed by atoms with Crippen LogP contribution in [-0.2, 0) is 28.8 Å². The molecule has 0 aromatic heterocycles. The molecular weight excluding hydrogens is 646 g/mol. The summed E-state index contributed by atoms with van der Waals surface area (Å²) in [5.41, 5.74) is -1.71. The number of nitrogens with zero attached hydrogens (tertiary/aromatic N) is 2. The smallest absolute Gasteiger partial charge is 0.227 e. The predicted molar refractivity (Wildman–Crippen MR) is 214 cm³/mol. The van der Waals surface area contributed by atoms with Crippen LogP contribution < -0.4 is 16.0 Å². The van der Waals surface area contributed by atoms with Gasteiger partial charge in [-0.05, 0) is 19.8 Å². The van der Waals surface area contributed by atoms with E-state index in [2.05, 4.69) is 16.0 Å². The number of nitrogens with one attached hydrogen (secondary N) is 3. The van der Waals surface area contributed by atoms with E-state index >= 15 is 0 Å². The van der Waals surface area contributed by atoms with Crippen LogP contribution in [0, 0.1) is 32.5 Å². The van der Waals surface area contributed by atoms with Gasteiger partial charge in [0, 0.05) is 84.9 Å². The molecule has 1 fully saturated rings. The lowest BCUT2D eigenvalue weighted by Gasteiger charge is -2.21. The van der Waals surface area contributed by atoms with Crippen molar-refractivity contribution < 1.29 is 32.9 Å². The van der Waals surface area contributed by atoms with Crippen molar-refractivity contribution in [2.45, 2.75) is 150 Å². The van der Waals surface area contributed by atoms with Crippen molar-refractivity contribution in [1.82, 2.24) is 25.8 Å². The maximum atomic E-state index is 11.4. The number of hydrogen-bond donors (Lipinski definition) is 3. The second-order valence-corrected chi connectivity index (χ2v) is 19.0. The molecule has 0 radical (unpaired) electrons. The molecule has 0 heterocycles. The molecule has 1 rings (SSSR count). The first-order chi connectivity index (χ1) is 23.3. The van der Waals surface area contributed by atoms with E-state index in [1.807, 2.05) is 104 Å². The van der Waals surface area contributed by atoms with E-state index < -0.39 is 12.4 Å². The normalized spacial score (nSPS) is 13.8. The van der Waals surface area contributed by atoms with Gasteiger partial charge >= 0.3 is 0 Å². The van der Waals surface area contributed by atoms with E-state index in [4.69, 9.17) is 4.11 Å². The predicted octanol–water partition coefficient (Wildman–Crippen LogP) is 6.73. The molecule has 0 aliphatic heterocycles. The Morgan fingerprint density at radius 2 is 0.745 bits per heavy atom. The molecule has 1 saturated carbocycles. The SMILES string of the molecule is CC(=O)C(C)(C)C.CC(C)(C)C(=O)NC1CC1.CN(C)C(=O)C(C)(C)C.CNC(=O)C(C)(C)C.CNC(=O)C(C)(C)C.[2H]C([2H])([2H])N(C)C(=O)C(C)(C)C. The summed E-state index contributed by atoms with van der Waals surface area (Å²) in [5.74, 6) is 0.377. The van der Waals surface area contributed by atoms with Gasteiger partial charge in [-0.2, -0.15) is 0 Å². The van der Waals surface area contributed by atoms with Gasteiger partial charge in [-0.25, -0.2) is 0 Å². The first kappa shape index (κ1) is 50.1. The molecule has 5 amide bonds. The standard InChI is InChI=1S/C8H15NO.2C7H15NO.2C6H13NO.C6H12O/c1-8(2,3)7(10)9-6-4-5-6;2*1-7(2,3)6(9)8(4)5;2*1-6(2,3)5(8)7-4;1-5(7)6(2,3)4/h6H,4-5H2,1-3H3,(H,9,10);2*1-5H3;2*1-4H3,(H,7,8);1-4H3/i;4D3;;;;. The summed E-state index contributed by atoms with van der Waals surface area (Å²) in [5, 5.41) is 8.09. The maximum Gasteiger partial charge on any atom is 0.227 e. The zero-order valence-electron chi connectivity index (χ0n) is 40.3. The minimum atomic E-state index is -2.33. The Morgan fingerprint density at radius 3 is 0.824 bits per heavy atom. The van der Waals surface area contributed by atoms with Gasteiger partial charge in [0.2, 0.25) is 29.5 Å². The molecule has 11 nitrogen and oxygen atoms in total. The lowest BCUT2D eigenvalue weighted by atomic mass is 9.92. The minimum Gasteiger partial charge on any atom is -0.359 e. The van der Waals surface area contributed by atoms with Crippen LogP contribution in [0.3, 0.4) is 0 Å². The molecule has 0 bridgehead atoms. The van der Waals surface area contributed by atoms with Crippen molar-refractivity contribution in [3.05, 3.63) is 0 Å². The van der Waals surface area contributed by atoms with Gasteiger partial charge in [-0.15, -0.1) is 0 Å². The second kappa shape index (κ2) is 23.6. The van der Waals surface area contributed by atoms with Crippen LogP contribution in [0.15, 0.2) is 0 Å². The molecule has 0 unspecified atom stereocenters. The molecule has 0 atom stereocenters. The number of carbonyl (C=O) groups excluding carboxylic acids is 6.